The molecular weight excluding hydrogens is 456 g/mol. The number of ether oxygens (including phenoxy) is 1. The number of amides is 1. The normalized spacial score (nSPS) is 20.0. The van der Waals surface area contributed by atoms with Crippen molar-refractivity contribution in [2.24, 2.45) is 0 Å². The minimum absolute atomic E-state index is 0.0349. The molecular formula is C18H14F8N4O2. The van der Waals surface area contributed by atoms with Gasteiger partial charge in [0.1, 0.15) is 23.9 Å². The van der Waals surface area contributed by atoms with Crippen LogP contribution in [0, 0.1) is 11.6 Å². The van der Waals surface area contributed by atoms with Gasteiger partial charge in [0.25, 0.3) is 5.91 Å². The molecule has 1 amide bonds. The predicted octanol–water partition coefficient (Wildman–Crippen LogP) is 3.90. The summed E-state index contributed by atoms with van der Waals surface area (Å²) in [6.07, 6.45) is -11.0. The number of halogens is 8. The van der Waals surface area contributed by atoms with Crippen LogP contribution >= 0.6 is 0 Å². The molecule has 1 aromatic carbocycles. The molecule has 2 aromatic rings. The Hall–Kier alpha value is -3.03. The van der Waals surface area contributed by atoms with Crippen LogP contribution in [0.25, 0.3) is 11.3 Å². The van der Waals surface area contributed by atoms with Crippen LogP contribution in [-0.4, -0.2) is 58.0 Å². The number of likely N-dealkylation sites (tertiary alicyclic amines) is 1. The van der Waals surface area contributed by atoms with Gasteiger partial charge in [-0.2, -0.15) is 13.2 Å². The summed E-state index contributed by atoms with van der Waals surface area (Å²) in [6, 6.07) is -0.0603. The maximum absolute atomic E-state index is 14.8. The minimum atomic E-state index is -5.24. The first-order valence-electron chi connectivity index (χ1n) is 8.92. The molecule has 1 aliphatic heterocycles. The van der Waals surface area contributed by atoms with Crippen LogP contribution in [0.1, 0.15) is 6.92 Å². The number of rotatable bonds is 5. The molecule has 0 saturated carbocycles. The quantitative estimate of drug-likeness (QED) is 0.672. The van der Waals surface area contributed by atoms with Crippen molar-refractivity contribution < 1.29 is 44.7 Å². The highest BCUT2D eigenvalue weighted by molar-refractivity contribution is 5.86. The van der Waals surface area contributed by atoms with Gasteiger partial charge in [0.2, 0.25) is 6.04 Å². The fourth-order valence-corrected chi connectivity index (χ4v) is 3.04. The lowest BCUT2D eigenvalue weighted by Gasteiger charge is -2.47. The van der Waals surface area contributed by atoms with Crippen LogP contribution in [0.15, 0.2) is 30.6 Å². The van der Waals surface area contributed by atoms with E-state index in [9.17, 15) is 39.9 Å². The highest BCUT2D eigenvalue weighted by atomic mass is 19.4. The average molecular weight is 470 g/mol. The van der Waals surface area contributed by atoms with Crippen molar-refractivity contribution in [3.05, 3.63) is 42.2 Å². The Balaban J connectivity index is 1.82. The second kappa shape index (κ2) is 8.48. The number of nitrogens with zero attached hydrogens (tertiary/aromatic N) is 3. The van der Waals surface area contributed by atoms with E-state index in [1.165, 1.54) is 0 Å². The molecule has 0 spiro atoms. The van der Waals surface area contributed by atoms with Crippen molar-refractivity contribution >= 4 is 11.7 Å². The topological polar surface area (TPSA) is 67.3 Å². The summed E-state index contributed by atoms with van der Waals surface area (Å²) in [4.78, 5) is 19.9. The van der Waals surface area contributed by atoms with Gasteiger partial charge in [-0.1, -0.05) is 0 Å². The number of anilines is 1. The van der Waals surface area contributed by atoms with Crippen molar-refractivity contribution in [3.63, 3.8) is 0 Å². The Morgan fingerprint density at radius 1 is 1.12 bits per heavy atom. The molecule has 32 heavy (non-hydrogen) atoms. The monoisotopic (exact) mass is 470 g/mol. The largest absolute Gasteiger partial charge is 0.522 e. The first-order valence-corrected chi connectivity index (χ1v) is 8.92. The van der Waals surface area contributed by atoms with Gasteiger partial charge in [-0.3, -0.25) is 9.53 Å². The third kappa shape index (κ3) is 5.06. The zero-order chi connectivity index (χ0) is 23.8. The van der Waals surface area contributed by atoms with Gasteiger partial charge >= 0.3 is 12.5 Å². The molecule has 1 N–H and O–H groups in total. The third-order valence-corrected chi connectivity index (χ3v) is 4.74. The number of carbonyl (C=O) groups is 1. The Morgan fingerprint density at radius 3 is 2.28 bits per heavy atom. The zero-order valence-electron chi connectivity index (χ0n) is 16.0. The van der Waals surface area contributed by atoms with E-state index >= 15 is 0 Å². The van der Waals surface area contributed by atoms with Crippen LogP contribution in [-0.2, 0) is 9.53 Å². The van der Waals surface area contributed by atoms with Crippen molar-refractivity contribution in [2.45, 2.75) is 37.7 Å². The van der Waals surface area contributed by atoms with Crippen molar-refractivity contribution in [1.82, 2.24) is 14.9 Å². The van der Waals surface area contributed by atoms with Crippen molar-refractivity contribution in [1.29, 1.82) is 0 Å². The first-order chi connectivity index (χ1) is 14.8. The number of nitrogens with one attached hydrogen (secondary N) is 1. The molecule has 6 nitrogen and oxygen atoms in total. The number of aromatic nitrogens is 2. The minimum Gasteiger partial charge on any atom is -0.348 e. The van der Waals surface area contributed by atoms with Crippen LogP contribution in [0.3, 0.4) is 0 Å². The number of hydrogen-bond donors (Lipinski definition) is 1. The lowest BCUT2D eigenvalue weighted by Crippen LogP contribution is -2.66. The fourth-order valence-electron chi connectivity index (χ4n) is 3.04. The Labute approximate surface area is 175 Å². The highest BCUT2D eigenvalue weighted by Crippen LogP contribution is 2.33. The zero-order valence-corrected chi connectivity index (χ0v) is 16.0. The van der Waals surface area contributed by atoms with Gasteiger partial charge in [0.05, 0.1) is 6.04 Å². The standard InChI is InChI=1S/C18H14F8N4O2/c1-8-11(32-18(24,25)26)6-30(8)16(31)14(17(21,22)23)29-15-12(20)13(27-7-28-15)9-2-4-10(19)5-3-9/h2-5,7-8,11,14H,6H2,1H3,(H,27,28,29)/t8-,11-,14+/m0/s1. The van der Waals surface area contributed by atoms with Crippen LogP contribution < -0.4 is 5.32 Å². The third-order valence-electron chi connectivity index (χ3n) is 4.74. The van der Waals surface area contributed by atoms with E-state index in [1.54, 1.807) is 5.32 Å². The highest BCUT2D eigenvalue weighted by Gasteiger charge is 2.53. The van der Waals surface area contributed by atoms with E-state index < -0.39 is 66.3 Å². The van der Waals surface area contributed by atoms with Gasteiger partial charge in [0, 0.05) is 12.1 Å². The van der Waals surface area contributed by atoms with Crippen LogP contribution in [0.5, 0.6) is 0 Å². The van der Waals surface area contributed by atoms with Crippen molar-refractivity contribution in [3.8, 4) is 11.3 Å². The van der Waals surface area contributed by atoms with Crippen LogP contribution in [0.2, 0.25) is 0 Å². The summed E-state index contributed by atoms with van der Waals surface area (Å²) >= 11 is 0. The Morgan fingerprint density at radius 2 is 1.75 bits per heavy atom. The molecule has 1 aromatic heterocycles. The summed E-state index contributed by atoms with van der Waals surface area (Å²) in [5.74, 6) is -4.57. The van der Waals surface area contributed by atoms with Crippen molar-refractivity contribution in [2.75, 3.05) is 11.9 Å². The van der Waals surface area contributed by atoms with E-state index in [4.69, 9.17) is 0 Å². The summed E-state index contributed by atoms with van der Waals surface area (Å²) in [5.41, 5.74) is -0.417. The molecule has 1 aliphatic rings. The maximum Gasteiger partial charge on any atom is 0.522 e. The summed E-state index contributed by atoms with van der Waals surface area (Å²) in [7, 11) is 0. The van der Waals surface area contributed by atoms with Gasteiger partial charge in [-0.15, -0.1) is 13.2 Å². The SMILES string of the molecule is C[C@H]1[C@@H](OC(F)(F)F)CN1C(=O)[C@@H](Nc1ncnc(-c2ccc(F)cc2)c1F)C(F)(F)F. The van der Waals surface area contributed by atoms with Gasteiger partial charge in [-0.05, 0) is 31.2 Å². The Kier molecular flexibility index (Phi) is 6.26. The Bertz CT molecular complexity index is 980. The molecule has 174 valence electrons. The van der Waals surface area contributed by atoms with Crippen LogP contribution in [0.4, 0.5) is 40.9 Å². The fraction of sp³-hybridized carbons (Fsp3) is 0.389. The smallest absolute Gasteiger partial charge is 0.348 e. The van der Waals surface area contributed by atoms with E-state index in [-0.39, 0.29) is 5.56 Å². The first kappa shape index (κ1) is 23.6. The number of hydrogen-bond acceptors (Lipinski definition) is 5. The molecule has 0 aliphatic carbocycles. The number of carbonyl (C=O) groups excluding carboxylic acids is 1. The lowest BCUT2D eigenvalue weighted by molar-refractivity contribution is -0.360. The lowest BCUT2D eigenvalue weighted by atomic mass is 9.99. The molecule has 3 atom stereocenters. The average Bonchev–Trinajstić information content (AvgIpc) is 2.68. The summed E-state index contributed by atoms with van der Waals surface area (Å²) in [6.45, 7) is 0.351. The second-order valence-corrected chi connectivity index (χ2v) is 6.84. The predicted molar refractivity (Wildman–Crippen MR) is 93.0 cm³/mol. The summed E-state index contributed by atoms with van der Waals surface area (Å²) in [5, 5.41) is 1.66. The molecule has 0 bridgehead atoms. The van der Waals surface area contributed by atoms with Gasteiger partial charge < -0.3 is 10.2 Å². The van der Waals surface area contributed by atoms with Gasteiger partial charge in [0.15, 0.2) is 11.6 Å². The van der Waals surface area contributed by atoms with E-state index in [1.807, 2.05) is 0 Å². The molecule has 0 radical (unpaired) electrons. The molecule has 14 heteroatoms. The van der Waals surface area contributed by atoms with E-state index in [0.29, 0.717) is 4.90 Å². The van der Waals surface area contributed by atoms with E-state index in [0.717, 1.165) is 37.5 Å². The molecule has 3 rings (SSSR count). The molecule has 2 heterocycles. The van der Waals surface area contributed by atoms with E-state index in [2.05, 4.69) is 14.7 Å². The molecule has 1 saturated heterocycles. The number of benzene rings is 1. The second-order valence-electron chi connectivity index (χ2n) is 6.84. The number of alkyl halides is 6. The summed E-state index contributed by atoms with van der Waals surface area (Å²) < 4.78 is 109. The molecule has 0 unspecified atom stereocenters. The van der Waals surface area contributed by atoms with Gasteiger partial charge in [-0.25, -0.2) is 18.7 Å². The molecule has 1 fully saturated rings. The maximum atomic E-state index is 14.8.